The highest BCUT2D eigenvalue weighted by molar-refractivity contribution is 6.30. The normalized spacial score (nSPS) is 13.8. The summed E-state index contributed by atoms with van der Waals surface area (Å²) in [5.41, 5.74) is 2.49. The van der Waals surface area contributed by atoms with Crippen molar-refractivity contribution in [3.8, 4) is 5.75 Å². The van der Waals surface area contributed by atoms with E-state index < -0.39 is 0 Å². The average Bonchev–Trinajstić information content (AvgIpc) is 3.02. The third-order valence-electron chi connectivity index (χ3n) is 4.04. The summed E-state index contributed by atoms with van der Waals surface area (Å²) in [6, 6.07) is 12.4. The molecule has 0 spiro atoms. The van der Waals surface area contributed by atoms with Crippen LogP contribution in [0, 0.1) is 6.92 Å². The van der Waals surface area contributed by atoms with Crippen molar-refractivity contribution in [1.29, 1.82) is 0 Å². The van der Waals surface area contributed by atoms with Crippen molar-refractivity contribution in [2.24, 2.45) is 0 Å². The van der Waals surface area contributed by atoms with Gasteiger partial charge in [-0.15, -0.1) is 0 Å². The first-order valence-corrected chi connectivity index (χ1v) is 8.50. The highest BCUT2D eigenvalue weighted by Gasteiger charge is 2.23. The van der Waals surface area contributed by atoms with Gasteiger partial charge in [0.1, 0.15) is 5.75 Å². The number of nitrogens with zero attached hydrogens (tertiary/aromatic N) is 1. The molecule has 2 amide bonds. The van der Waals surface area contributed by atoms with Gasteiger partial charge in [-0.05, 0) is 55.3 Å². The van der Waals surface area contributed by atoms with Crippen LogP contribution in [0.4, 0.5) is 11.4 Å². The predicted octanol–water partition coefficient (Wildman–Crippen LogP) is 3.79. The van der Waals surface area contributed by atoms with Gasteiger partial charge >= 0.3 is 0 Å². The van der Waals surface area contributed by atoms with E-state index in [-0.39, 0.29) is 18.4 Å². The third-order valence-corrected chi connectivity index (χ3v) is 4.29. The van der Waals surface area contributed by atoms with Crippen LogP contribution in [0.15, 0.2) is 42.5 Å². The minimum Gasteiger partial charge on any atom is -0.484 e. The lowest BCUT2D eigenvalue weighted by Crippen LogP contribution is -2.25. The topological polar surface area (TPSA) is 58.6 Å². The number of rotatable bonds is 5. The molecule has 0 unspecified atom stereocenters. The van der Waals surface area contributed by atoms with Crippen molar-refractivity contribution in [3.63, 3.8) is 0 Å². The molecule has 1 saturated heterocycles. The molecular formula is C19H19ClN2O3. The van der Waals surface area contributed by atoms with Crippen LogP contribution in [-0.4, -0.2) is 25.0 Å². The summed E-state index contributed by atoms with van der Waals surface area (Å²) >= 11 is 5.81. The molecule has 1 aliphatic heterocycles. The van der Waals surface area contributed by atoms with Crippen LogP contribution >= 0.6 is 11.6 Å². The third kappa shape index (κ3) is 4.31. The van der Waals surface area contributed by atoms with Crippen LogP contribution in [-0.2, 0) is 9.59 Å². The van der Waals surface area contributed by atoms with Gasteiger partial charge < -0.3 is 15.0 Å². The molecule has 0 radical (unpaired) electrons. The summed E-state index contributed by atoms with van der Waals surface area (Å²) in [7, 11) is 0. The maximum absolute atomic E-state index is 12.1. The Balaban J connectivity index is 1.63. The van der Waals surface area contributed by atoms with E-state index in [1.54, 1.807) is 29.2 Å². The van der Waals surface area contributed by atoms with Crippen molar-refractivity contribution in [2.75, 3.05) is 23.4 Å². The van der Waals surface area contributed by atoms with Crippen LogP contribution in [0.5, 0.6) is 5.75 Å². The zero-order chi connectivity index (χ0) is 17.8. The standard InChI is InChI=1S/C19H19ClN2O3/c1-13-4-7-15(11-17(13)22-10-2-3-19(22)24)21-18(23)12-25-16-8-5-14(20)6-9-16/h4-9,11H,2-3,10,12H2,1H3,(H,21,23). The summed E-state index contributed by atoms with van der Waals surface area (Å²) in [5, 5.41) is 3.41. The molecule has 0 bridgehead atoms. The Morgan fingerprint density at radius 1 is 1.24 bits per heavy atom. The van der Waals surface area contributed by atoms with Gasteiger partial charge in [0.05, 0.1) is 0 Å². The molecule has 1 fully saturated rings. The number of anilines is 2. The zero-order valence-corrected chi connectivity index (χ0v) is 14.7. The number of ether oxygens (including phenoxy) is 1. The van der Waals surface area contributed by atoms with E-state index in [9.17, 15) is 9.59 Å². The van der Waals surface area contributed by atoms with Crippen LogP contribution < -0.4 is 15.0 Å². The zero-order valence-electron chi connectivity index (χ0n) is 13.9. The molecule has 25 heavy (non-hydrogen) atoms. The van der Waals surface area contributed by atoms with Crippen molar-refractivity contribution < 1.29 is 14.3 Å². The van der Waals surface area contributed by atoms with Crippen molar-refractivity contribution in [3.05, 3.63) is 53.1 Å². The highest BCUT2D eigenvalue weighted by Crippen LogP contribution is 2.28. The second-order valence-corrected chi connectivity index (χ2v) is 6.38. The number of halogens is 1. The fourth-order valence-corrected chi connectivity index (χ4v) is 2.88. The Morgan fingerprint density at radius 2 is 2.00 bits per heavy atom. The molecule has 3 rings (SSSR count). The smallest absolute Gasteiger partial charge is 0.262 e. The fraction of sp³-hybridized carbons (Fsp3) is 0.263. The molecule has 1 heterocycles. The minimum atomic E-state index is -0.266. The number of benzene rings is 2. The average molecular weight is 359 g/mol. The number of carbonyl (C=O) groups excluding carboxylic acids is 2. The molecule has 2 aromatic rings. The molecule has 0 aromatic heterocycles. The first-order valence-electron chi connectivity index (χ1n) is 8.12. The summed E-state index contributed by atoms with van der Waals surface area (Å²) < 4.78 is 5.43. The molecule has 2 aromatic carbocycles. The number of aryl methyl sites for hydroxylation is 1. The predicted molar refractivity (Wildman–Crippen MR) is 98.3 cm³/mol. The van der Waals surface area contributed by atoms with Gasteiger partial charge in [-0.2, -0.15) is 0 Å². The lowest BCUT2D eigenvalue weighted by Gasteiger charge is -2.19. The molecule has 0 aliphatic carbocycles. The molecule has 1 N–H and O–H groups in total. The van der Waals surface area contributed by atoms with Gasteiger partial charge in [0.15, 0.2) is 6.61 Å². The number of hydrogen-bond donors (Lipinski definition) is 1. The SMILES string of the molecule is Cc1ccc(NC(=O)COc2ccc(Cl)cc2)cc1N1CCCC1=O. The van der Waals surface area contributed by atoms with Gasteiger partial charge in [-0.1, -0.05) is 17.7 Å². The van der Waals surface area contributed by atoms with Gasteiger partial charge in [0.2, 0.25) is 5.91 Å². The number of nitrogens with one attached hydrogen (secondary N) is 1. The highest BCUT2D eigenvalue weighted by atomic mass is 35.5. The van der Waals surface area contributed by atoms with Crippen molar-refractivity contribution in [1.82, 2.24) is 0 Å². The fourth-order valence-electron chi connectivity index (χ4n) is 2.76. The summed E-state index contributed by atoms with van der Waals surface area (Å²) in [6.45, 7) is 2.57. The Kier molecular flexibility index (Phi) is 5.24. The van der Waals surface area contributed by atoms with E-state index in [4.69, 9.17) is 16.3 Å². The van der Waals surface area contributed by atoms with Gasteiger partial charge in [0, 0.05) is 29.4 Å². The maximum Gasteiger partial charge on any atom is 0.262 e. The molecular weight excluding hydrogens is 340 g/mol. The van der Waals surface area contributed by atoms with Gasteiger partial charge in [-0.3, -0.25) is 9.59 Å². The van der Waals surface area contributed by atoms with Gasteiger partial charge in [0.25, 0.3) is 5.91 Å². The van der Waals surface area contributed by atoms with Crippen LogP contribution in [0.25, 0.3) is 0 Å². The summed E-state index contributed by atoms with van der Waals surface area (Å²) in [5.74, 6) is 0.432. The Hall–Kier alpha value is -2.53. The monoisotopic (exact) mass is 358 g/mol. The Labute approximate surface area is 151 Å². The second kappa shape index (κ2) is 7.57. The van der Waals surface area contributed by atoms with E-state index in [1.807, 2.05) is 25.1 Å². The largest absolute Gasteiger partial charge is 0.484 e. The number of amides is 2. The first-order chi connectivity index (χ1) is 12.0. The lowest BCUT2D eigenvalue weighted by atomic mass is 10.1. The second-order valence-electron chi connectivity index (χ2n) is 5.94. The summed E-state index contributed by atoms with van der Waals surface area (Å²) in [6.07, 6.45) is 1.44. The van der Waals surface area contributed by atoms with E-state index in [1.165, 1.54) is 0 Å². The van der Waals surface area contributed by atoms with Crippen LogP contribution in [0.3, 0.4) is 0 Å². The van der Waals surface area contributed by atoms with E-state index in [0.717, 1.165) is 24.2 Å². The van der Waals surface area contributed by atoms with Crippen LogP contribution in [0.2, 0.25) is 5.02 Å². The molecule has 0 atom stereocenters. The Bertz CT molecular complexity index is 790. The maximum atomic E-state index is 12.1. The lowest BCUT2D eigenvalue weighted by molar-refractivity contribution is -0.118. The molecule has 0 saturated carbocycles. The van der Waals surface area contributed by atoms with E-state index in [0.29, 0.717) is 22.9 Å². The first kappa shape index (κ1) is 17.3. The molecule has 5 nitrogen and oxygen atoms in total. The van der Waals surface area contributed by atoms with Crippen LogP contribution in [0.1, 0.15) is 18.4 Å². The van der Waals surface area contributed by atoms with Crippen molar-refractivity contribution >= 4 is 34.8 Å². The number of carbonyl (C=O) groups is 2. The number of hydrogen-bond acceptors (Lipinski definition) is 3. The molecule has 6 heteroatoms. The minimum absolute atomic E-state index is 0.104. The van der Waals surface area contributed by atoms with Gasteiger partial charge in [-0.25, -0.2) is 0 Å². The molecule has 130 valence electrons. The van der Waals surface area contributed by atoms with E-state index in [2.05, 4.69) is 5.32 Å². The molecule has 1 aliphatic rings. The Morgan fingerprint density at radius 3 is 2.68 bits per heavy atom. The summed E-state index contributed by atoms with van der Waals surface area (Å²) in [4.78, 5) is 25.8. The van der Waals surface area contributed by atoms with E-state index >= 15 is 0 Å². The quantitative estimate of drug-likeness (QED) is 0.884. The van der Waals surface area contributed by atoms with Crippen molar-refractivity contribution in [2.45, 2.75) is 19.8 Å².